The zero-order chi connectivity index (χ0) is 11.5. The highest BCUT2D eigenvalue weighted by Gasteiger charge is 2.17. The molecule has 0 aliphatic carbocycles. The molecular formula is C13H11FO2. The molecule has 16 heavy (non-hydrogen) atoms. The second-order valence-electron chi connectivity index (χ2n) is 3.65. The molecule has 0 aliphatic heterocycles. The van der Waals surface area contributed by atoms with Crippen LogP contribution in [0.2, 0.25) is 0 Å². The van der Waals surface area contributed by atoms with E-state index in [-0.39, 0.29) is 6.42 Å². The Labute approximate surface area is 92.3 Å². The van der Waals surface area contributed by atoms with E-state index < -0.39 is 12.1 Å². The number of rotatable bonds is 3. The van der Waals surface area contributed by atoms with Gasteiger partial charge in [-0.2, -0.15) is 0 Å². The topological polar surface area (TPSA) is 37.3 Å². The van der Waals surface area contributed by atoms with Gasteiger partial charge in [-0.25, -0.2) is 9.18 Å². The van der Waals surface area contributed by atoms with Crippen LogP contribution in [-0.2, 0) is 11.2 Å². The highest BCUT2D eigenvalue weighted by atomic mass is 19.1. The molecule has 3 heteroatoms. The molecule has 0 saturated carbocycles. The number of aliphatic carboxylic acids is 1. The minimum Gasteiger partial charge on any atom is -0.479 e. The molecule has 2 nitrogen and oxygen atoms in total. The molecule has 1 N–H and O–H groups in total. The van der Waals surface area contributed by atoms with Gasteiger partial charge in [-0.3, -0.25) is 0 Å². The van der Waals surface area contributed by atoms with E-state index >= 15 is 0 Å². The Balaban J connectivity index is 2.41. The molecular weight excluding hydrogens is 207 g/mol. The lowest BCUT2D eigenvalue weighted by atomic mass is 10.0. The first-order valence-electron chi connectivity index (χ1n) is 5.02. The molecule has 0 aromatic heterocycles. The van der Waals surface area contributed by atoms with Crippen LogP contribution in [0.25, 0.3) is 10.8 Å². The summed E-state index contributed by atoms with van der Waals surface area (Å²) in [6.07, 6.45) is -1.93. The summed E-state index contributed by atoms with van der Waals surface area (Å²) in [5, 5.41) is 10.4. The van der Waals surface area contributed by atoms with E-state index in [1.54, 1.807) is 6.07 Å². The van der Waals surface area contributed by atoms with Crippen molar-refractivity contribution in [2.75, 3.05) is 0 Å². The van der Waals surface area contributed by atoms with Gasteiger partial charge in [0.05, 0.1) is 0 Å². The molecule has 0 heterocycles. The molecule has 1 atom stereocenters. The Morgan fingerprint density at radius 1 is 1.19 bits per heavy atom. The highest BCUT2D eigenvalue weighted by Crippen LogP contribution is 2.20. The van der Waals surface area contributed by atoms with Crippen molar-refractivity contribution in [1.82, 2.24) is 0 Å². The maximum Gasteiger partial charge on any atom is 0.338 e. The fourth-order valence-corrected chi connectivity index (χ4v) is 1.75. The average molecular weight is 218 g/mol. The summed E-state index contributed by atoms with van der Waals surface area (Å²) < 4.78 is 13.1. The standard InChI is InChI=1S/C13H11FO2/c14-12(13(15)16)8-10-6-3-5-9-4-1-2-7-11(9)10/h1-7,12H,8H2,(H,15,16)/t12-/m0/s1. The normalized spacial score (nSPS) is 12.6. The summed E-state index contributed by atoms with van der Waals surface area (Å²) in [4.78, 5) is 10.5. The van der Waals surface area contributed by atoms with E-state index in [0.29, 0.717) is 0 Å². The van der Waals surface area contributed by atoms with Crippen LogP contribution in [0.5, 0.6) is 0 Å². The fraction of sp³-hybridized carbons (Fsp3) is 0.154. The van der Waals surface area contributed by atoms with Crippen LogP contribution in [0.4, 0.5) is 4.39 Å². The first-order valence-corrected chi connectivity index (χ1v) is 5.02. The summed E-state index contributed by atoms with van der Waals surface area (Å²) in [5.41, 5.74) is 0.730. The second-order valence-corrected chi connectivity index (χ2v) is 3.65. The molecule has 0 bridgehead atoms. The van der Waals surface area contributed by atoms with Gasteiger partial charge in [0.2, 0.25) is 6.17 Å². The van der Waals surface area contributed by atoms with Gasteiger partial charge < -0.3 is 5.11 Å². The smallest absolute Gasteiger partial charge is 0.338 e. The summed E-state index contributed by atoms with van der Waals surface area (Å²) >= 11 is 0. The van der Waals surface area contributed by atoms with E-state index in [1.807, 2.05) is 36.4 Å². The molecule has 2 aromatic rings. The van der Waals surface area contributed by atoms with Crippen molar-refractivity contribution in [2.45, 2.75) is 12.6 Å². The maximum absolute atomic E-state index is 13.1. The molecule has 2 rings (SSSR count). The fourth-order valence-electron chi connectivity index (χ4n) is 1.75. The molecule has 2 aromatic carbocycles. The molecule has 0 unspecified atom stereocenters. The number of carboxylic acids is 1. The van der Waals surface area contributed by atoms with E-state index in [9.17, 15) is 9.18 Å². The lowest BCUT2D eigenvalue weighted by Gasteiger charge is -2.07. The number of benzene rings is 2. The predicted molar refractivity (Wildman–Crippen MR) is 60.2 cm³/mol. The van der Waals surface area contributed by atoms with Crippen molar-refractivity contribution in [3.63, 3.8) is 0 Å². The zero-order valence-electron chi connectivity index (χ0n) is 8.56. The third kappa shape index (κ3) is 2.03. The minimum atomic E-state index is -1.84. The Hall–Kier alpha value is -1.90. The monoisotopic (exact) mass is 218 g/mol. The van der Waals surface area contributed by atoms with Crippen LogP contribution in [0, 0.1) is 0 Å². The first-order chi connectivity index (χ1) is 7.68. The van der Waals surface area contributed by atoms with Crippen LogP contribution in [0.3, 0.4) is 0 Å². The van der Waals surface area contributed by atoms with Crippen molar-refractivity contribution in [3.8, 4) is 0 Å². The Morgan fingerprint density at radius 2 is 1.88 bits per heavy atom. The second kappa shape index (κ2) is 4.31. The van der Waals surface area contributed by atoms with Crippen molar-refractivity contribution in [2.24, 2.45) is 0 Å². The van der Waals surface area contributed by atoms with Gasteiger partial charge in [0.25, 0.3) is 0 Å². The van der Waals surface area contributed by atoms with Gasteiger partial charge in [-0.1, -0.05) is 42.5 Å². The molecule has 0 fully saturated rings. The van der Waals surface area contributed by atoms with E-state index in [2.05, 4.69) is 0 Å². The summed E-state index contributed by atoms with van der Waals surface area (Å²) in [6.45, 7) is 0. The lowest BCUT2D eigenvalue weighted by Crippen LogP contribution is -2.17. The van der Waals surface area contributed by atoms with E-state index in [0.717, 1.165) is 16.3 Å². The van der Waals surface area contributed by atoms with Crippen LogP contribution in [0.1, 0.15) is 5.56 Å². The van der Waals surface area contributed by atoms with Crippen molar-refractivity contribution >= 4 is 16.7 Å². The zero-order valence-corrected chi connectivity index (χ0v) is 8.56. The number of carbonyl (C=O) groups is 1. The third-order valence-electron chi connectivity index (χ3n) is 2.55. The maximum atomic E-state index is 13.1. The number of alkyl halides is 1. The largest absolute Gasteiger partial charge is 0.479 e. The minimum absolute atomic E-state index is 0.0866. The Morgan fingerprint density at radius 3 is 2.62 bits per heavy atom. The van der Waals surface area contributed by atoms with Gasteiger partial charge >= 0.3 is 5.97 Å². The van der Waals surface area contributed by atoms with Gasteiger partial charge in [-0.05, 0) is 16.3 Å². The van der Waals surface area contributed by atoms with Crippen LogP contribution >= 0.6 is 0 Å². The van der Waals surface area contributed by atoms with Gasteiger partial charge in [0.1, 0.15) is 0 Å². The summed E-state index contributed by atoms with van der Waals surface area (Å²) in [5.74, 6) is -1.41. The predicted octanol–water partition coefficient (Wildman–Crippen LogP) is 2.81. The lowest BCUT2D eigenvalue weighted by molar-refractivity contribution is -0.142. The van der Waals surface area contributed by atoms with Gasteiger partial charge in [0.15, 0.2) is 0 Å². The highest BCUT2D eigenvalue weighted by molar-refractivity contribution is 5.86. The van der Waals surface area contributed by atoms with Crippen LogP contribution in [0.15, 0.2) is 42.5 Å². The number of hydrogen-bond acceptors (Lipinski definition) is 1. The first kappa shape index (κ1) is 10.6. The SMILES string of the molecule is O=C(O)[C@@H](F)Cc1cccc2ccccc12. The average Bonchev–Trinajstić information content (AvgIpc) is 2.29. The molecule has 0 aliphatic rings. The van der Waals surface area contributed by atoms with Crippen LogP contribution in [-0.4, -0.2) is 17.2 Å². The molecule has 0 radical (unpaired) electrons. The summed E-state index contributed by atoms with van der Waals surface area (Å²) in [7, 11) is 0. The van der Waals surface area contributed by atoms with E-state index in [4.69, 9.17) is 5.11 Å². The van der Waals surface area contributed by atoms with Gasteiger partial charge in [0, 0.05) is 6.42 Å². The van der Waals surface area contributed by atoms with Gasteiger partial charge in [-0.15, -0.1) is 0 Å². The van der Waals surface area contributed by atoms with Crippen LogP contribution < -0.4 is 0 Å². The third-order valence-corrected chi connectivity index (χ3v) is 2.55. The Kier molecular flexibility index (Phi) is 2.86. The number of hydrogen-bond donors (Lipinski definition) is 1. The number of fused-ring (bicyclic) bond motifs is 1. The molecule has 0 amide bonds. The summed E-state index contributed by atoms with van der Waals surface area (Å²) in [6, 6.07) is 13.1. The molecule has 0 saturated heterocycles. The molecule has 0 spiro atoms. The Bertz CT molecular complexity index is 517. The van der Waals surface area contributed by atoms with Crippen molar-refractivity contribution in [1.29, 1.82) is 0 Å². The van der Waals surface area contributed by atoms with Crippen molar-refractivity contribution < 1.29 is 14.3 Å². The number of halogens is 1. The van der Waals surface area contributed by atoms with E-state index in [1.165, 1.54) is 0 Å². The van der Waals surface area contributed by atoms with Crippen molar-refractivity contribution in [3.05, 3.63) is 48.0 Å². The quantitative estimate of drug-likeness (QED) is 0.860. The number of carboxylic acid groups (broad SMARTS) is 1. The molecule has 82 valence electrons.